The summed E-state index contributed by atoms with van der Waals surface area (Å²) in [5.41, 5.74) is 3.44. The zero-order chi connectivity index (χ0) is 24.7. The number of ether oxygens (including phenoxy) is 2. The monoisotopic (exact) mass is 519 g/mol. The Morgan fingerprint density at radius 2 is 1.81 bits per heavy atom. The number of fused-ring (bicyclic) bond motifs is 2. The zero-order valence-corrected chi connectivity index (χ0v) is 20.6. The first kappa shape index (κ1) is 22.6. The van der Waals surface area contributed by atoms with Crippen LogP contribution in [0.4, 0.5) is 10.8 Å². The van der Waals surface area contributed by atoms with E-state index in [4.69, 9.17) is 9.47 Å². The Morgan fingerprint density at radius 3 is 2.69 bits per heavy atom. The topological polar surface area (TPSA) is 97.8 Å². The van der Waals surface area contributed by atoms with Gasteiger partial charge in [-0.2, -0.15) is 0 Å². The molecule has 0 saturated carbocycles. The van der Waals surface area contributed by atoms with Crippen molar-refractivity contribution in [3.05, 3.63) is 83.2 Å². The Kier molecular flexibility index (Phi) is 5.62. The Balaban J connectivity index is 1.21. The van der Waals surface area contributed by atoms with Crippen molar-refractivity contribution in [2.24, 2.45) is 0 Å². The number of hydrogen-bond acceptors (Lipinski definition) is 7. The van der Waals surface area contributed by atoms with Crippen LogP contribution in [0, 0.1) is 0 Å². The van der Waals surface area contributed by atoms with E-state index in [0.717, 1.165) is 11.1 Å². The van der Waals surface area contributed by atoms with E-state index in [1.54, 1.807) is 18.2 Å². The molecule has 0 radical (unpaired) electrons. The van der Waals surface area contributed by atoms with E-state index in [2.05, 4.69) is 10.3 Å². The molecular formula is C26H21N3O5S2. The molecule has 1 amide bonds. The Hall–Kier alpha value is -3.89. The fourth-order valence-corrected chi connectivity index (χ4v) is 6.58. The third-order valence-electron chi connectivity index (χ3n) is 6.09. The van der Waals surface area contributed by atoms with Crippen LogP contribution >= 0.6 is 11.3 Å². The van der Waals surface area contributed by atoms with Gasteiger partial charge in [0, 0.05) is 23.1 Å². The number of benzene rings is 3. The lowest BCUT2D eigenvalue weighted by Crippen LogP contribution is -2.29. The average molecular weight is 520 g/mol. The normalized spacial score (nSPS) is 14.4. The van der Waals surface area contributed by atoms with Crippen LogP contribution in [0.15, 0.2) is 77.0 Å². The number of nitrogens with one attached hydrogen (secondary N) is 1. The highest BCUT2D eigenvalue weighted by Crippen LogP contribution is 2.36. The summed E-state index contributed by atoms with van der Waals surface area (Å²) in [7, 11) is -3.80. The molecule has 1 aromatic heterocycles. The van der Waals surface area contributed by atoms with Gasteiger partial charge in [-0.25, -0.2) is 13.4 Å². The Morgan fingerprint density at radius 1 is 0.972 bits per heavy atom. The molecule has 0 unspecified atom stereocenters. The molecule has 3 aromatic carbocycles. The van der Waals surface area contributed by atoms with Gasteiger partial charge in [0.25, 0.3) is 15.9 Å². The summed E-state index contributed by atoms with van der Waals surface area (Å²) in [4.78, 5) is 17.6. The standard InChI is InChI=1S/C26H21N3O5S2/c30-25(28-26-27-21(16-35-26)18-8-9-23-24(15-18)34-13-12-33-23)19-5-3-6-20(14-19)36(31,32)29-11-10-17-4-1-2-7-22(17)29/h1-9,14-16H,10-13H2,(H,27,28,30). The summed E-state index contributed by atoms with van der Waals surface area (Å²) < 4.78 is 39.3. The molecule has 182 valence electrons. The van der Waals surface area contributed by atoms with Gasteiger partial charge in [0.1, 0.15) is 13.2 Å². The molecule has 10 heteroatoms. The van der Waals surface area contributed by atoms with E-state index in [-0.39, 0.29) is 10.5 Å². The smallest absolute Gasteiger partial charge is 0.264 e. The van der Waals surface area contributed by atoms with Gasteiger partial charge in [0.15, 0.2) is 16.6 Å². The van der Waals surface area contributed by atoms with Crippen LogP contribution in [0.2, 0.25) is 0 Å². The van der Waals surface area contributed by atoms with Crippen molar-refractivity contribution in [3.8, 4) is 22.8 Å². The lowest BCUT2D eigenvalue weighted by Gasteiger charge is -2.19. The van der Waals surface area contributed by atoms with Crippen molar-refractivity contribution in [3.63, 3.8) is 0 Å². The van der Waals surface area contributed by atoms with Crippen molar-refractivity contribution < 1.29 is 22.7 Å². The molecule has 3 heterocycles. The maximum atomic E-state index is 13.4. The number of thiazole rings is 1. The summed E-state index contributed by atoms with van der Waals surface area (Å²) in [5, 5.41) is 5.03. The van der Waals surface area contributed by atoms with Gasteiger partial charge in [0.2, 0.25) is 0 Å². The molecule has 6 rings (SSSR count). The SMILES string of the molecule is O=C(Nc1nc(-c2ccc3c(c2)OCCO3)cs1)c1cccc(S(=O)(=O)N2CCc3ccccc32)c1. The van der Waals surface area contributed by atoms with E-state index in [1.165, 1.54) is 27.8 Å². The van der Waals surface area contributed by atoms with Crippen LogP contribution in [0.5, 0.6) is 11.5 Å². The molecule has 4 aromatic rings. The molecule has 36 heavy (non-hydrogen) atoms. The van der Waals surface area contributed by atoms with Crippen LogP contribution < -0.4 is 19.1 Å². The minimum Gasteiger partial charge on any atom is -0.486 e. The van der Waals surface area contributed by atoms with Gasteiger partial charge in [-0.1, -0.05) is 24.3 Å². The number of rotatable bonds is 5. The van der Waals surface area contributed by atoms with Gasteiger partial charge in [0.05, 0.1) is 16.3 Å². The van der Waals surface area contributed by atoms with E-state index in [9.17, 15) is 13.2 Å². The predicted molar refractivity (Wildman–Crippen MR) is 138 cm³/mol. The molecular weight excluding hydrogens is 498 g/mol. The number of carbonyl (C=O) groups is 1. The lowest BCUT2D eigenvalue weighted by atomic mass is 10.1. The van der Waals surface area contributed by atoms with E-state index >= 15 is 0 Å². The number of para-hydroxylation sites is 1. The van der Waals surface area contributed by atoms with Crippen LogP contribution in [0.25, 0.3) is 11.3 Å². The van der Waals surface area contributed by atoms with Crippen molar-refractivity contribution in [1.29, 1.82) is 0 Å². The molecule has 0 saturated heterocycles. The summed E-state index contributed by atoms with van der Waals surface area (Å²) in [6, 6.07) is 19.1. The maximum absolute atomic E-state index is 13.4. The van der Waals surface area contributed by atoms with E-state index in [0.29, 0.717) is 54.2 Å². The van der Waals surface area contributed by atoms with Crippen molar-refractivity contribution in [1.82, 2.24) is 4.98 Å². The van der Waals surface area contributed by atoms with Gasteiger partial charge in [-0.15, -0.1) is 11.3 Å². The van der Waals surface area contributed by atoms with Crippen LogP contribution in [0.1, 0.15) is 15.9 Å². The highest BCUT2D eigenvalue weighted by molar-refractivity contribution is 7.92. The van der Waals surface area contributed by atoms with E-state index < -0.39 is 15.9 Å². The zero-order valence-electron chi connectivity index (χ0n) is 19.0. The third-order valence-corrected chi connectivity index (χ3v) is 8.66. The number of hydrogen-bond donors (Lipinski definition) is 1. The second-order valence-electron chi connectivity index (χ2n) is 8.33. The predicted octanol–water partition coefficient (Wildman–Crippen LogP) is 4.59. The van der Waals surface area contributed by atoms with Crippen molar-refractivity contribution in [2.75, 3.05) is 29.4 Å². The molecule has 0 aliphatic carbocycles. The largest absolute Gasteiger partial charge is 0.486 e. The molecule has 0 fully saturated rings. The number of amides is 1. The van der Waals surface area contributed by atoms with Gasteiger partial charge in [-0.05, 0) is 54.4 Å². The highest BCUT2D eigenvalue weighted by atomic mass is 32.2. The minimum atomic E-state index is -3.80. The Labute approximate surface area is 212 Å². The number of carbonyl (C=O) groups excluding carboxylic acids is 1. The van der Waals surface area contributed by atoms with E-state index in [1.807, 2.05) is 41.8 Å². The molecule has 2 aliphatic heterocycles. The van der Waals surface area contributed by atoms with Crippen molar-refractivity contribution in [2.45, 2.75) is 11.3 Å². The molecule has 0 atom stereocenters. The van der Waals surface area contributed by atoms with Crippen molar-refractivity contribution >= 4 is 38.1 Å². The Bertz CT molecular complexity index is 1580. The van der Waals surface area contributed by atoms with Gasteiger partial charge >= 0.3 is 0 Å². The highest BCUT2D eigenvalue weighted by Gasteiger charge is 2.31. The fourth-order valence-electron chi connectivity index (χ4n) is 4.32. The number of anilines is 2. The molecule has 0 spiro atoms. The van der Waals surface area contributed by atoms with Crippen LogP contribution in [-0.4, -0.2) is 39.1 Å². The number of nitrogens with zero attached hydrogens (tertiary/aromatic N) is 2. The number of aromatic nitrogens is 1. The third kappa shape index (κ3) is 4.08. The lowest BCUT2D eigenvalue weighted by molar-refractivity contribution is 0.102. The fraction of sp³-hybridized carbons (Fsp3) is 0.154. The quantitative estimate of drug-likeness (QED) is 0.414. The number of sulfonamides is 1. The van der Waals surface area contributed by atoms with Crippen LogP contribution in [-0.2, 0) is 16.4 Å². The minimum absolute atomic E-state index is 0.0722. The second kappa shape index (κ2) is 8.96. The van der Waals surface area contributed by atoms with Gasteiger partial charge in [-0.3, -0.25) is 14.4 Å². The maximum Gasteiger partial charge on any atom is 0.264 e. The average Bonchev–Trinajstić information content (AvgIpc) is 3.56. The summed E-state index contributed by atoms with van der Waals surface area (Å²) in [6.07, 6.45) is 0.658. The van der Waals surface area contributed by atoms with Gasteiger partial charge < -0.3 is 9.47 Å². The molecule has 8 nitrogen and oxygen atoms in total. The molecule has 0 bridgehead atoms. The first-order chi connectivity index (χ1) is 17.5. The first-order valence-electron chi connectivity index (χ1n) is 11.4. The summed E-state index contributed by atoms with van der Waals surface area (Å²) in [6.45, 7) is 1.39. The molecule has 1 N–H and O–H groups in total. The summed E-state index contributed by atoms with van der Waals surface area (Å²) in [5.74, 6) is 0.925. The summed E-state index contributed by atoms with van der Waals surface area (Å²) >= 11 is 1.29. The second-order valence-corrected chi connectivity index (χ2v) is 11.1. The van der Waals surface area contributed by atoms with Crippen LogP contribution in [0.3, 0.4) is 0 Å². The molecule has 2 aliphatic rings. The first-order valence-corrected chi connectivity index (χ1v) is 13.7.